The van der Waals surface area contributed by atoms with Crippen molar-refractivity contribution in [1.29, 1.82) is 0 Å². The van der Waals surface area contributed by atoms with Crippen molar-refractivity contribution >= 4 is 26.6 Å². The molecule has 0 amide bonds. The molecule has 0 N–H and O–H groups in total. The number of hydrogen-bond acceptors (Lipinski definition) is 2. The molecule has 0 radical (unpaired) electrons. The van der Waals surface area contributed by atoms with Crippen molar-refractivity contribution in [2.45, 2.75) is 82.6 Å². The second-order valence-electron chi connectivity index (χ2n) is 8.21. The second kappa shape index (κ2) is 14.3. The lowest BCUT2D eigenvalue weighted by Crippen LogP contribution is -2.43. The van der Waals surface area contributed by atoms with Crippen LogP contribution in [0.5, 0.6) is 0 Å². The molecule has 0 saturated heterocycles. The molecule has 3 nitrogen and oxygen atoms in total. The fourth-order valence-electron chi connectivity index (χ4n) is 3.28. The van der Waals surface area contributed by atoms with Gasteiger partial charge in [0.1, 0.15) is 11.5 Å². The molecule has 0 aliphatic heterocycles. The van der Waals surface area contributed by atoms with Crippen LogP contribution in [0.4, 0.5) is 22.0 Å². The average Bonchev–Trinajstić information content (AvgIpc) is 2.74. The van der Waals surface area contributed by atoms with Gasteiger partial charge in [-0.3, -0.25) is 0 Å². The Balaban J connectivity index is 2.68. The first-order chi connectivity index (χ1) is 15.4. The van der Waals surface area contributed by atoms with Gasteiger partial charge in [-0.2, -0.15) is 34.8 Å². The molecule has 190 valence electrons. The molecule has 0 bridgehead atoms. The van der Waals surface area contributed by atoms with Crippen LogP contribution in [0.25, 0.3) is 0 Å². The monoisotopic (exact) mass is 516 g/mol. The highest BCUT2D eigenvalue weighted by atomic mass is 32.2. The highest BCUT2D eigenvalue weighted by molar-refractivity contribution is 7.97. The summed E-state index contributed by atoms with van der Waals surface area (Å²) in [5, 5.41) is -5.94. The lowest BCUT2D eigenvalue weighted by molar-refractivity contribution is -0.241. The zero-order valence-electron chi connectivity index (χ0n) is 19.3. The maximum atomic E-state index is 13.5. The predicted octanol–water partition coefficient (Wildman–Crippen LogP) is 7.13. The topological polar surface area (TPSA) is 46.5 Å². The van der Waals surface area contributed by atoms with E-state index in [0.29, 0.717) is 0 Å². The summed E-state index contributed by atoms with van der Waals surface area (Å²) in [5.41, 5.74) is -0.0427. The normalized spacial score (nSPS) is 14.5. The molecule has 0 spiro atoms. The van der Waals surface area contributed by atoms with E-state index in [2.05, 4.69) is 11.3 Å². The predicted molar refractivity (Wildman–Crippen MR) is 128 cm³/mol. The van der Waals surface area contributed by atoms with Crippen LogP contribution in [-0.2, 0) is 20.9 Å². The quantitative estimate of drug-likeness (QED) is 0.102. The summed E-state index contributed by atoms with van der Waals surface area (Å²) >= 11 is 0. The van der Waals surface area contributed by atoms with Crippen molar-refractivity contribution in [2.24, 2.45) is 4.40 Å². The SMILES string of the molecule is CCCCCCCCCCCC[S+](C)CC(=NS(=O)(=O)C(F)(F)C(F)(F)F)c1ccccc1. The zero-order chi connectivity index (χ0) is 25.0. The lowest BCUT2D eigenvalue weighted by atomic mass is 10.1. The van der Waals surface area contributed by atoms with Crippen molar-refractivity contribution in [1.82, 2.24) is 0 Å². The van der Waals surface area contributed by atoms with E-state index < -0.39 is 32.3 Å². The number of benzene rings is 1. The Bertz CT molecular complexity index is 812. The van der Waals surface area contributed by atoms with E-state index in [9.17, 15) is 30.4 Å². The van der Waals surface area contributed by atoms with Gasteiger partial charge in [0.25, 0.3) is 0 Å². The van der Waals surface area contributed by atoms with Gasteiger partial charge in [-0.15, -0.1) is 0 Å². The fourth-order valence-corrected chi connectivity index (χ4v) is 5.77. The first-order valence-corrected chi connectivity index (χ1v) is 14.8. The third kappa shape index (κ3) is 10.3. The van der Waals surface area contributed by atoms with Crippen LogP contribution < -0.4 is 0 Å². The summed E-state index contributed by atoms with van der Waals surface area (Å²) in [7, 11) is -6.54. The standard InChI is InChI=1S/C23H35F5NO2S2/c1-3-4-5-6-7-8-9-10-11-15-18-32(2)19-21(20-16-13-12-14-17-20)29-33(30,31)23(27,28)22(24,25)26/h12-14,16-17H,3-11,15,18-19H2,1-2H3/q+1. The van der Waals surface area contributed by atoms with Gasteiger partial charge in [0.15, 0.2) is 5.75 Å². The maximum Gasteiger partial charge on any atom is 0.471 e. The molecular formula is C23H35F5NO2S2+. The summed E-state index contributed by atoms with van der Waals surface area (Å²) in [4.78, 5) is 0. The van der Waals surface area contributed by atoms with Gasteiger partial charge in [0, 0.05) is 5.56 Å². The minimum atomic E-state index is -6.24. The summed E-state index contributed by atoms with van der Waals surface area (Å²) < 4.78 is 91.6. The molecule has 0 fully saturated rings. The van der Waals surface area contributed by atoms with Crippen molar-refractivity contribution in [2.75, 3.05) is 17.8 Å². The van der Waals surface area contributed by atoms with Crippen LogP contribution >= 0.6 is 0 Å². The summed E-state index contributed by atoms with van der Waals surface area (Å²) in [6.07, 6.45) is 7.27. The fraction of sp³-hybridized carbons (Fsp3) is 0.696. The number of alkyl halides is 5. The van der Waals surface area contributed by atoms with Gasteiger partial charge in [0.2, 0.25) is 0 Å². The highest BCUT2D eigenvalue weighted by Gasteiger charge is 2.67. The Labute approximate surface area is 197 Å². The number of halogens is 5. The molecule has 10 heteroatoms. The third-order valence-electron chi connectivity index (χ3n) is 5.22. The van der Waals surface area contributed by atoms with E-state index in [1.165, 1.54) is 50.7 Å². The van der Waals surface area contributed by atoms with Crippen LogP contribution in [0, 0.1) is 0 Å². The average molecular weight is 517 g/mol. The van der Waals surface area contributed by atoms with Gasteiger partial charge in [-0.25, -0.2) is 0 Å². The number of rotatable bonds is 16. The van der Waals surface area contributed by atoms with Crippen LogP contribution in [-0.4, -0.2) is 43.3 Å². The van der Waals surface area contributed by atoms with Crippen LogP contribution in [0.15, 0.2) is 34.7 Å². The van der Waals surface area contributed by atoms with Gasteiger partial charge in [-0.1, -0.05) is 88.6 Å². The zero-order valence-corrected chi connectivity index (χ0v) is 21.0. The first-order valence-electron chi connectivity index (χ1n) is 11.3. The van der Waals surface area contributed by atoms with Crippen LogP contribution in [0.3, 0.4) is 0 Å². The largest absolute Gasteiger partial charge is 0.471 e. The van der Waals surface area contributed by atoms with E-state index in [0.717, 1.165) is 31.4 Å². The van der Waals surface area contributed by atoms with E-state index in [1.54, 1.807) is 18.2 Å². The molecule has 0 aromatic heterocycles. The van der Waals surface area contributed by atoms with Gasteiger partial charge < -0.3 is 0 Å². The summed E-state index contributed by atoms with van der Waals surface area (Å²) in [6, 6.07) is 7.65. The Hall–Kier alpha value is -1.16. The molecule has 0 aliphatic rings. The molecule has 1 aromatic rings. The number of unbranched alkanes of at least 4 members (excludes halogenated alkanes) is 9. The van der Waals surface area contributed by atoms with Gasteiger partial charge in [-0.05, 0) is 23.7 Å². The van der Waals surface area contributed by atoms with E-state index >= 15 is 0 Å². The van der Waals surface area contributed by atoms with Gasteiger partial charge in [0.05, 0.1) is 6.26 Å². The Morgan fingerprint density at radius 3 is 1.82 bits per heavy atom. The van der Waals surface area contributed by atoms with Crippen LogP contribution in [0.2, 0.25) is 0 Å². The van der Waals surface area contributed by atoms with Crippen LogP contribution in [0.1, 0.15) is 76.7 Å². The molecular weight excluding hydrogens is 481 g/mol. The summed E-state index contributed by atoms with van der Waals surface area (Å²) in [6.45, 7) is 2.19. The summed E-state index contributed by atoms with van der Waals surface area (Å²) in [5.74, 6) is 0.757. The molecule has 1 aromatic carbocycles. The maximum absolute atomic E-state index is 13.5. The van der Waals surface area contributed by atoms with Gasteiger partial charge >= 0.3 is 21.5 Å². The third-order valence-corrected chi connectivity index (χ3v) is 8.31. The molecule has 0 saturated carbocycles. The van der Waals surface area contributed by atoms with Crippen molar-refractivity contribution in [3.8, 4) is 0 Å². The lowest BCUT2D eigenvalue weighted by Gasteiger charge is -2.17. The molecule has 33 heavy (non-hydrogen) atoms. The molecule has 0 heterocycles. The minimum absolute atomic E-state index is 0.0224. The number of hydrogen-bond donors (Lipinski definition) is 0. The van der Waals surface area contributed by atoms with Crippen molar-refractivity contribution < 1.29 is 30.4 Å². The Morgan fingerprint density at radius 1 is 0.848 bits per heavy atom. The Kier molecular flexibility index (Phi) is 12.9. The van der Waals surface area contributed by atoms with Crippen molar-refractivity contribution in [3.05, 3.63) is 35.9 Å². The number of sulfonamides is 1. The molecule has 0 aliphatic carbocycles. The van der Waals surface area contributed by atoms with E-state index in [1.807, 2.05) is 6.26 Å². The van der Waals surface area contributed by atoms with E-state index in [4.69, 9.17) is 0 Å². The molecule has 1 rings (SSSR count). The minimum Gasteiger partial charge on any atom is -0.198 e. The Morgan fingerprint density at radius 2 is 1.33 bits per heavy atom. The highest BCUT2D eigenvalue weighted by Crippen LogP contribution is 2.40. The molecule has 1 unspecified atom stereocenters. The van der Waals surface area contributed by atoms with E-state index in [-0.39, 0.29) is 17.0 Å². The molecule has 1 atom stereocenters. The van der Waals surface area contributed by atoms with Crippen molar-refractivity contribution in [3.63, 3.8) is 0 Å². The second-order valence-corrected chi connectivity index (χ2v) is 12.1. The smallest absolute Gasteiger partial charge is 0.198 e. The number of nitrogens with zero attached hydrogens (tertiary/aromatic N) is 1. The first kappa shape index (κ1) is 29.9.